The van der Waals surface area contributed by atoms with Crippen LogP contribution in [-0.2, 0) is 11.2 Å². The van der Waals surface area contributed by atoms with Crippen LogP contribution in [0.1, 0.15) is 31.2 Å². The molecule has 0 spiro atoms. The Labute approximate surface area is 188 Å². The molecular formula is C24H29N7O. The van der Waals surface area contributed by atoms with Crippen molar-refractivity contribution in [3.8, 4) is 5.82 Å². The molecule has 32 heavy (non-hydrogen) atoms. The van der Waals surface area contributed by atoms with Crippen LogP contribution in [-0.4, -0.2) is 61.7 Å². The first kappa shape index (κ1) is 20.6. The number of benzene rings is 1. The van der Waals surface area contributed by atoms with E-state index in [9.17, 15) is 4.79 Å². The van der Waals surface area contributed by atoms with E-state index in [1.54, 1.807) is 17.3 Å². The first-order valence-electron chi connectivity index (χ1n) is 11.5. The van der Waals surface area contributed by atoms with Gasteiger partial charge in [0.2, 0.25) is 5.91 Å². The third-order valence-electron chi connectivity index (χ3n) is 6.68. The molecule has 5 rings (SSSR count). The van der Waals surface area contributed by atoms with Crippen molar-refractivity contribution in [2.24, 2.45) is 11.8 Å². The van der Waals surface area contributed by atoms with Gasteiger partial charge in [0.25, 0.3) is 0 Å². The summed E-state index contributed by atoms with van der Waals surface area (Å²) >= 11 is 0. The Balaban J connectivity index is 1.18. The molecule has 2 aliphatic rings. The van der Waals surface area contributed by atoms with Crippen molar-refractivity contribution in [3.63, 3.8) is 0 Å². The molecule has 0 radical (unpaired) electrons. The largest absolute Gasteiger partial charge is 0.356 e. The summed E-state index contributed by atoms with van der Waals surface area (Å²) in [6.45, 7) is 3.35. The number of hydrogen-bond donors (Lipinski definition) is 0. The van der Waals surface area contributed by atoms with Crippen molar-refractivity contribution in [1.82, 2.24) is 29.6 Å². The van der Waals surface area contributed by atoms with Crippen LogP contribution in [0, 0.1) is 11.8 Å². The van der Waals surface area contributed by atoms with Crippen LogP contribution in [0.3, 0.4) is 0 Å². The summed E-state index contributed by atoms with van der Waals surface area (Å²) < 4.78 is 1.62. The summed E-state index contributed by atoms with van der Waals surface area (Å²) in [5, 5.41) is 4.15. The molecule has 8 nitrogen and oxygen atoms in total. The molecule has 0 bridgehead atoms. The Bertz CT molecular complexity index is 1020. The monoisotopic (exact) mass is 431 g/mol. The maximum atomic E-state index is 13.3. The fourth-order valence-corrected chi connectivity index (χ4v) is 4.91. The topological polar surface area (TPSA) is 80.0 Å². The number of amides is 1. The fourth-order valence-electron chi connectivity index (χ4n) is 4.91. The summed E-state index contributed by atoms with van der Waals surface area (Å²) in [7, 11) is 0. The number of likely N-dealkylation sites (tertiary alicyclic amines) is 1. The van der Waals surface area contributed by atoms with Crippen molar-refractivity contribution in [2.45, 2.75) is 32.1 Å². The molecule has 3 aromatic rings. The Hall–Kier alpha value is -3.29. The van der Waals surface area contributed by atoms with Crippen molar-refractivity contribution in [3.05, 3.63) is 60.9 Å². The molecular weight excluding hydrogens is 402 g/mol. The summed E-state index contributed by atoms with van der Waals surface area (Å²) in [6.07, 6.45) is 9.88. The quantitative estimate of drug-likeness (QED) is 0.618. The minimum absolute atomic E-state index is 0.0270. The third-order valence-corrected chi connectivity index (χ3v) is 6.68. The van der Waals surface area contributed by atoms with Crippen LogP contribution >= 0.6 is 0 Å². The second-order valence-electron chi connectivity index (χ2n) is 8.82. The van der Waals surface area contributed by atoms with Crippen LogP contribution in [0.5, 0.6) is 0 Å². The zero-order chi connectivity index (χ0) is 21.8. The molecule has 1 atom stereocenters. The average molecular weight is 432 g/mol. The lowest BCUT2D eigenvalue weighted by molar-refractivity contribution is -0.137. The van der Waals surface area contributed by atoms with E-state index in [1.165, 1.54) is 11.9 Å². The predicted molar refractivity (Wildman–Crippen MR) is 121 cm³/mol. The van der Waals surface area contributed by atoms with Gasteiger partial charge in [-0.15, -0.1) is 0 Å². The van der Waals surface area contributed by atoms with Gasteiger partial charge < -0.3 is 9.80 Å². The zero-order valence-corrected chi connectivity index (χ0v) is 18.3. The van der Waals surface area contributed by atoms with Gasteiger partial charge in [-0.3, -0.25) is 4.79 Å². The maximum absolute atomic E-state index is 13.3. The molecule has 0 aliphatic carbocycles. The normalized spacial score (nSPS) is 19.8. The Morgan fingerprint density at radius 3 is 2.56 bits per heavy atom. The number of nitrogens with zero attached hydrogens (tertiary/aromatic N) is 7. The van der Waals surface area contributed by atoms with Crippen LogP contribution in [0.25, 0.3) is 5.82 Å². The summed E-state index contributed by atoms with van der Waals surface area (Å²) in [4.78, 5) is 30.3. The van der Waals surface area contributed by atoms with Gasteiger partial charge in [0.1, 0.15) is 24.8 Å². The molecule has 4 heterocycles. The van der Waals surface area contributed by atoms with E-state index in [0.29, 0.717) is 24.2 Å². The van der Waals surface area contributed by atoms with Gasteiger partial charge in [-0.25, -0.2) is 19.6 Å². The summed E-state index contributed by atoms with van der Waals surface area (Å²) in [5.41, 5.74) is 1.40. The standard InChI is InChI=1S/C24H29N7O/c32-24(29-11-8-20(9-12-29)13-19-5-2-1-3-6-19)21-7-4-10-30(15-21)22-14-23(27-17-26-22)31-18-25-16-28-31/h1-3,5-6,14,16-18,20-21H,4,7-13,15H2. The first-order chi connectivity index (χ1) is 15.8. The van der Waals surface area contributed by atoms with Gasteiger partial charge in [-0.05, 0) is 43.6 Å². The second kappa shape index (κ2) is 9.46. The van der Waals surface area contributed by atoms with Gasteiger partial charge in [-0.2, -0.15) is 5.10 Å². The lowest BCUT2D eigenvalue weighted by Crippen LogP contribution is -2.47. The second-order valence-corrected chi connectivity index (χ2v) is 8.82. The Morgan fingerprint density at radius 2 is 1.78 bits per heavy atom. The predicted octanol–water partition coefficient (Wildman–Crippen LogP) is 2.76. The highest BCUT2D eigenvalue weighted by Crippen LogP contribution is 2.27. The highest BCUT2D eigenvalue weighted by atomic mass is 16.2. The van der Waals surface area contributed by atoms with Gasteiger partial charge in [0, 0.05) is 32.2 Å². The SMILES string of the molecule is O=C(C1CCCN(c2cc(-n3cncn3)ncn2)C1)N1CCC(Cc2ccccc2)CC1. The highest BCUT2D eigenvalue weighted by Gasteiger charge is 2.32. The van der Waals surface area contributed by atoms with Gasteiger partial charge >= 0.3 is 0 Å². The molecule has 0 N–H and O–H groups in total. The molecule has 8 heteroatoms. The number of piperidine rings is 2. The van der Waals surface area contributed by atoms with Gasteiger partial charge in [-0.1, -0.05) is 30.3 Å². The van der Waals surface area contributed by atoms with Crippen molar-refractivity contribution in [2.75, 3.05) is 31.1 Å². The minimum Gasteiger partial charge on any atom is -0.356 e. The van der Waals surface area contributed by atoms with E-state index in [1.807, 2.05) is 6.07 Å². The third kappa shape index (κ3) is 4.64. The lowest BCUT2D eigenvalue weighted by atomic mass is 9.89. The Kier molecular flexibility index (Phi) is 6.09. The smallest absolute Gasteiger partial charge is 0.227 e. The number of anilines is 1. The number of carbonyl (C=O) groups excluding carboxylic acids is 1. The van der Waals surface area contributed by atoms with Gasteiger partial charge in [0.05, 0.1) is 5.92 Å². The van der Waals surface area contributed by atoms with Crippen molar-refractivity contribution in [1.29, 1.82) is 0 Å². The van der Waals surface area contributed by atoms with Crippen molar-refractivity contribution >= 4 is 11.7 Å². The molecule has 2 fully saturated rings. The summed E-state index contributed by atoms with van der Waals surface area (Å²) in [6, 6.07) is 12.6. The van der Waals surface area contributed by atoms with Crippen LogP contribution in [0.15, 0.2) is 55.4 Å². The molecule has 1 aromatic carbocycles. The van der Waals surface area contributed by atoms with E-state index < -0.39 is 0 Å². The zero-order valence-electron chi connectivity index (χ0n) is 18.3. The number of hydrogen-bond acceptors (Lipinski definition) is 6. The molecule has 2 saturated heterocycles. The molecule has 1 amide bonds. The number of aromatic nitrogens is 5. The van der Waals surface area contributed by atoms with E-state index >= 15 is 0 Å². The molecule has 2 aliphatic heterocycles. The van der Waals surface area contributed by atoms with E-state index in [4.69, 9.17) is 0 Å². The molecule has 2 aromatic heterocycles. The Morgan fingerprint density at radius 1 is 0.969 bits per heavy atom. The fraction of sp³-hybridized carbons (Fsp3) is 0.458. The molecule has 1 unspecified atom stereocenters. The van der Waals surface area contributed by atoms with Crippen LogP contribution in [0.4, 0.5) is 5.82 Å². The van der Waals surface area contributed by atoms with Crippen molar-refractivity contribution < 1.29 is 4.79 Å². The van der Waals surface area contributed by atoms with Gasteiger partial charge in [0.15, 0.2) is 5.82 Å². The van der Waals surface area contributed by atoms with E-state index in [0.717, 1.165) is 57.6 Å². The number of rotatable bonds is 5. The molecule has 166 valence electrons. The highest BCUT2D eigenvalue weighted by molar-refractivity contribution is 5.80. The summed E-state index contributed by atoms with van der Waals surface area (Å²) in [5.74, 6) is 2.52. The molecule has 0 saturated carbocycles. The first-order valence-corrected chi connectivity index (χ1v) is 11.5. The van der Waals surface area contributed by atoms with E-state index in [2.05, 4.69) is 60.2 Å². The minimum atomic E-state index is 0.0270. The van der Waals surface area contributed by atoms with E-state index in [-0.39, 0.29) is 5.92 Å². The number of carbonyl (C=O) groups is 1. The van der Waals surface area contributed by atoms with Crippen LogP contribution in [0.2, 0.25) is 0 Å². The van der Waals surface area contributed by atoms with Crippen LogP contribution < -0.4 is 4.90 Å². The maximum Gasteiger partial charge on any atom is 0.227 e. The lowest BCUT2D eigenvalue weighted by Gasteiger charge is -2.38. The average Bonchev–Trinajstić information content (AvgIpc) is 3.40.